The zero-order valence-electron chi connectivity index (χ0n) is 16.4. The number of aryl methyl sites for hydroxylation is 1. The predicted octanol–water partition coefficient (Wildman–Crippen LogP) is 2.22. The molecule has 27 heavy (non-hydrogen) atoms. The summed E-state index contributed by atoms with van der Waals surface area (Å²) in [5.41, 5.74) is 6.17. The van der Waals surface area contributed by atoms with Crippen LogP contribution in [0.2, 0.25) is 0 Å². The fourth-order valence-corrected chi connectivity index (χ4v) is 3.11. The highest BCUT2D eigenvalue weighted by molar-refractivity contribution is 6.06. The Morgan fingerprint density at radius 3 is 2.48 bits per heavy atom. The van der Waals surface area contributed by atoms with Crippen LogP contribution in [0.4, 0.5) is 0 Å². The van der Waals surface area contributed by atoms with Gasteiger partial charge < -0.3 is 16.2 Å². The highest BCUT2D eigenvalue weighted by atomic mass is 16.3. The maximum atomic E-state index is 12.8. The summed E-state index contributed by atoms with van der Waals surface area (Å²) in [6.45, 7) is 6.46. The highest BCUT2D eigenvalue weighted by Crippen LogP contribution is 2.22. The van der Waals surface area contributed by atoms with E-state index in [0.717, 1.165) is 36.6 Å². The average Bonchev–Trinajstić information content (AvgIpc) is 2.97. The molecule has 0 bridgehead atoms. The molecule has 0 aliphatic carbocycles. The Balaban J connectivity index is 2.22. The van der Waals surface area contributed by atoms with E-state index in [0.29, 0.717) is 12.2 Å². The number of primary amides is 1. The van der Waals surface area contributed by atoms with Gasteiger partial charge in [-0.3, -0.25) is 14.3 Å². The molecule has 148 valence electrons. The Morgan fingerprint density at radius 1 is 1.19 bits per heavy atom. The first-order valence-corrected chi connectivity index (χ1v) is 9.42. The molecule has 0 spiro atoms. The molecule has 1 atom stereocenters. The summed E-state index contributed by atoms with van der Waals surface area (Å²) in [5.74, 6) is -0.965. The molecule has 0 aliphatic rings. The number of carbonyl (C=O) groups excluding carboxylic acids is 2. The van der Waals surface area contributed by atoms with Crippen molar-refractivity contribution >= 4 is 22.7 Å². The topological polar surface area (TPSA) is 110 Å². The number of carbonyl (C=O) groups is 2. The lowest BCUT2D eigenvalue weighted by Gasteiger charge is -2.28. The molecule has 1 heterocycles. The summed E-state index contributed by atoms with van der Waals surface area (Å²) >= 11 is 0. The second kappa shape index (κ2) is 8.99. The zero-order chi connectivity index (χ0) is 20.0. The molecule has 0 saturated heterocycles. The van der Waals surface area contributed by atoms with E-state index in [-0.39, 0.29) is 6.61 Å². The molecule has 7 nitrogen and oxygen atoms in total. The van der Waals surface area contributed by atoms with Gasteiger partial charge in [-0.05, 0) is 24.3 Å². The van der Waals surface area contributed by atoms with Gasteiger partial charge in [0.2, 0.25) is 5.91 Å². The summed E-state index contributed by atoms with van der Waals surface area (Å²) in [6.07, 6.45) is 3.67. The number of aliphatic hydroxyl groups excluding tert-OH is 1. The molecule has 4 N–H and O–H groups in total. The number of nitrogens with two attached hydrogens (primary N) is 1. The number of benzene rings is 1. The number of aliphatic hydroxyl groups is 1. The van der Waals surface area contributed by atoms with Crippen LogP contribution in [0.5, 0.6) is 0 Å². The van der Waals surface area contributed by atoms with E-state index in [1.165, 1.54) is 0 Å². The van der Waals surface area contributed by atoms with E-state index in [1.54, 1.807) is 0 Å². The minimum atomic E-state index is -0.785. The summed E-state index contributed by atoms with van der Waals surface area (Å²) in [4.78, 5) is 24.6. The largest absolute Gasteiger partial charge is 0.396 e. The molecule has 0 unspecified atom stereocenters. The number of hydrogen-bond donors (Lipinski definition) is 3. The lowest BCUT2D eigenvalue weighted by Crippen LogP contribution is -2.52. The normalized spacial score (nSPS) is 12.9. The maximum Gasteiger partial charge on any atom is 0.273 e. The standard InChI is InChI=1S/C20H30N4O3/c1-20(2,3)17(18(21)26)22-19(27)16-14-10-6-7-11-15(14)24(23-16)12-8-4-5-9-13-25/h6-7,10-11,17,25H,4-5,8-9,12-13H2,1-3H3,(H2,21,26)(H,22,27)/t17-/m1/s1. The lowest BCUT2D eigenvalue weighted by molar-refractivity contribution is -0.122. The van der Waals surface area contributed by atoms with Crippen molar-refractivity contribution in [2.75, 3.05) is 6.61 Å². The summed E-state index contributed by atoms with van der Waals surface area (Å²) in [7, 11) is 0. The second-order valence-electron chi connectivity index (χ2n) is 7.90. The number of aromatic nitrogens is 2. The number of unbranched alkanes of at least 4 members (excludes halogenated alkanes) is 3. The first kappa shape index (κ1) is 20.9. The fraction of sp³-hybridized carbons (Fsp3) is 0.550. The van der Waals surface area contributed by atoms with Crippen molar-refractivity contribution in [1.82, 2.24) is 15.1 Å². The Kier molecular flexibility index (Phi) is 6.96. The highest BCUT2D eigenvalue weighted by Gasteiger charge is 2.32. The Morgan fingerprint density at radius 2 is 1.85 bits per heavy atom. The SMILES string of the molecule is CC(C)(C)[C@H](NC(=O)c1nn(CCCCCCO)c2ccccc12)C(N)=O. The summed E-state index contributed by atoms with van der Waals surface area (Å²) in [5, 5.41) is 16.9. The van der Waals surface area contributed by atoms with Gasteiger partial charge in [-0.2, -0.15) is 5.10 Å². The smallest absolute Gasteiger partial charge is 0.273 e. The first-order chi connectivity index (χ1) is 12.8. The third-order valence-corrected chi connectivity index (χ3v) is 4.58. The molecule has 2 amide bonds. The third-order valence-electron chi connectivity index (χ3n) is 4.58. The van der Waals surface area contributed by atoms with Crippen LogP contribution in [0.3, 0.4) is 0 Å². The minimum Gasteiger partial charge on any atom is -0.396 e. The third kappa shape index (κ3) is 5.29. The quantitative estimate of drug-likeness (QED) is 0.585. The second-order valence-corrected chi connectivity index (χ2v) is 7.90. The zero-order valence-corrected chi connectivity index (χ0v) is 16.4. The van der Waals surface area contributed by atoms with Gasteiger partial charge in [0.15, 0.2) is 5.69 Å². The molecule has 1 aromatic carbocycles. The molecule has 0 fully saturated rings. The van der Waals surface area contributed by atoms with E-state index >= 15 is 0 Å². The number of hydrogen-bond acceptors (Lipinski definition) is 4. The predicted molar refractivity (Wildman–Crippen MR) is 105 cm³/mol. The summed E-state index contributed by atoms with van der Waals surface area (Å²) in [6, 6.07) is 6.78. The first-order valence-electron chi connectivity index (χ1n) is 9.42. The fourth-order valence-electron chi connectivity index (χ4n) is 3.11. The maximum absolute atomic E-state index is 12.8. The molecule has 2 aromatic rings. The van der Waals surface area contributed by atoms with Gasteiger partial charge in [0.05, 0.1) is 5.52 Å². The number of nitrogens with one attached hydrogen (secondary N) is 1. The van der Waals surface area contributed by atoms with Crippen molar-refractivity contribution in [3.05, 3.63) is 30.0 Å². The Bertz CT molecular complexity index is 792. The average molecular weight is 374 g/mol. The molecule has 0 radical (unpaired) electrons. The monoisotopic (exact) mass is 374 g/mol. The number of para-hydroxylation sites is 1. The molecular weight excluding hydrogens is 344 g/mol. The van der Waals surface area contributed by atoms with Crippen molar-refractivity contribution < 1.29 is 14.7 Å². The van der Waals surface area contributed by atoms with Crippen LogP contribution in [0.25, 0.3) is 10.9 Å². The van der Waals surface area contributed by atoms with Gasteiger partial charge in [-0.1, -0.05) is 51.8 Å². The van der Waals surface area contributed by atoms with E-state index < -0.39 is 23.3 Å². The Labute approximate surface area is 159 Å². The van der Waals surface area contributed by atoms with Gasteiger partial charge in [0.25, 0.3) is 5.91 Å². The van der Waals surface area contributed by atoms with Crippen LogP contribution in [-0.2, 0) is 11.3 Å². The van der Waals surface area contributed by atoms with E-state index in [1.807, 2.05) is 49.7 Å². The van der Waals surface area contributed by atoms with Crippen LogP contribution < -0.4 is 11.1 Å². The van der Waals surface area contributed by atoms with Crippen molar-refractivity contribution in [3.8, 4) is 0 Å². The number of rotatable bonds is 9. The number of amides is 2. The van der Waals surface area contributed by atoms with E-state index in [2.05, 4.69) is 10.4 Å². The Hall–Kier alpha value is -2.41. The van der Waals surface area contributed by atoms with Crippen LogP contribution in [0, 0.1) is 5.41 Å². The number of nitrogens with zero attached hydrogens (tertiary/aromatic N) is 2. The van der Waals surface area contributed by atoms with Crippen LogP contribution in [-0.4, -0.2) is 39.4 Å². The van der Waals surface area contributed by atoms with Gasteiger partial charge in [0, 0.05) is 18.5 Å². The van der Waals surface area contributed by atoms with Gasteiger partial charge >= 0.3 is 0 Å². The van der Waals surface area contributed by atoms with E-state index in [9.17, 15) is 9.59 Å². The van der Waals surface area contributed by atoms with Gasteiger partial charge in [-0.25, -0.2) is 0 Å². The van der Waals surface area contributed by atoms with E-state index in [4.69, 9.17) is 10.8 Å². The molecule has 2 rings (SSSR count). The molecule has 7 heteroatoms. The number of fused-ring (bicyclic) bond motifs is 1. The van der Waals surface area contributed by atoms with Crippen molar-refractivity contribution in [2.24, 2.45) is 11.1 Å². The minimum absolute atomic E-state index is 0.212. The van der Waals surface area contributed by atoms with Crippen LogP contribution in [0.1, 0.15) is 56.9 Å². The van der Waals surface area contributed by atoms with Crippen LogP contribution >= 0.6 is 0 Å². The molecule has 0 saturated carbocycles. The van der Waals surface area contributed by atoms with Gasteiger partial charge in [0.1, 0.15) is 6.04 Å². The van der Waals surface area contributed by atoms with Crippen molar-refractivity contribution in [1.29, 1.82) is 0 Å². The van der Waals surface area contributed by atoms with Crippen molar-refractivity contribution in [2.45, 2.75) is 59.0 Å². The summed E-state index contributed by atoms with van der Waals surface area (Å²) < 4.78 is 1.83. The lowest BCUT2D eigenvalue weighted by atomic mass is 9.86. The molecule has 1 aromatic heterocycles. The van der Waals surface area contributed by atoms with Crippen molar-refractivity contribution in [3.63, 3.8) is 0 Å². The molecular formula is C20H30N4O3. The van der Waals surface area contributed by atoms with Crippen LogP contribution in [0.15, 0.2) is 24.3 Å². The molecule has 0 aliphatic heterocycles. The van der Waals surface area contributed by atoms with Gasteiger partial charge in [-0.15, -0.1) is 0 Å².